The van der Waals surface area contributed by atoms with Gasteiger partial charge in [0.2, 0.25) is 0 Å². The zero-order valence-electron chi connectivity index (χ0n) is 13.6. The molecule has 0 fully saturated rings. The molecule has 19 heavy (non-hydrogen) atoms. The fourth-order valence-corrected chi connectivity index (χ4v) is 2.77. The minimum absolute atomic E-state index is 0.261. The summed E-state index contributed by atoms with van der Waals surface area (Å²) >= 11 is 0. The molecule has 0 aromatic rings. The van der Waals surface area contributed by atoms with Gasteiger partial charge in [-0.1, -0.05) is 34.6 Å². The van der Waals surface area contributed by atoms with Gasteiger partial charge in [0.1, 0.15) is 0 Å². The van der Waals surface area contributed by atoms with Gasteiger partial charge in [-0.05, 0) is 43.9 Å². The number of aliphatic carboxylic acids is 1. The van der Waals surface area contributed by atoms with Crippen LogP contribution in [0, 0.1) is 23.7 Å². The van der Waals surface area contributed by atoms with Crippen molar-refractivity contribution in [3.05, 3.63) is 0 Å². The molecule has 3 atom stereocenters. The van der Waals surface area contributed by atoms with Crippen molar-refractivity contribution in [3.8, 4) is 0 Å². The molecule has 3 nitrogen and oxygen atoms in total. The van der Waals surface area contributed by atoms with Crippen molar-refractivity contribution < 1.29 is 9.90 Å². The van der Waals surface area contributed by atoms with Crippen LogP contribution in [0.5, 0.6) is 0 Å². The third-order valence-electron chi connectivity index (χ3n) is 3.45. The quantitative estimate of drug-likeness (QED) is 0.635. The molecular weight excluding hydrogens is 238 g/mol. The summed E-state index contributed by atoms with van der Waals surface area (Å²) in [4.78, 5) is 11.2. The number of carboxylic acids is 1. The van der Waals surface area contributed by atoms with Crippen LogP contribution in [0.25, 0.3) is 0 Å². The number of rotatable bonds is 10. The summed E-state index contributed by atoms with van der Waals surface area (Å²) in [5.74, 6) is 0.912. The van der Waals surface area contributed by atoms with E-state index < -0.39 is 5.97 Å². The van der Waals surface area contributed by atoms with E-state index in [2.05, 4.69) is 46.9 Å². The van der Waals surface area contributed by atoms with Crippen LogP contribution < -0.4 is 5.32 Å². The first-order valence-corrected chi connectivity index (χ1v) is 7.68. The maximum atomic E-state index is 11.2. The van der Waals surface area contributed by atoms with Gasteiger partial charge >= 0.3 is 5.97 Å². The average molecular weight is 271 g/mol. The van der Waals surface area contributed by atoms with Gasteiger partial charge in [-0.3, -0.25) is 4.79 Å². The zero-order valence-corrected chi connectivity index (χ0v) is 13.6. The summed E-state index contributed by atoms with van der Waals surface area (Å²) in [5, 5.41) is 12.6. The second-order valence-corrected chi connectivity index (χ2v) is 6.94. The molecule has 0 bridgehead atoms. The molecule has 0 aliphatic carbocycles. The first-order valence-electron chi connectivity index (χ1n) is 7.68. The Morgan fingerprint density at radius 3 is 1.89 bits per heavy atom. The summed E-state index contributed by atoms with van der Waals surface area (Å²) in [5.41, 5.74) is 0. The standard InChI is InChI=1S/C16H33NO2/c1-11(2)7-13(5)9-14(6)17-10-15(16(18)19)8-12(3)4/h11-15,17H,7-10H2,1-6H3,(H,18,19). The van der Waals surface area contributed by atoms with Gasteiger partial charge in [-0.25, -0.2) is 0 Å². The van der Waals surface area contributed by atoms with Gasteiger partial charge in [-0.2, -0.15) is 0 Å². The van der Waals surface area contributed by atoms with Crippen LogP contribution in [0.4, 0.5) is 0 Å². The monoisotopic (exact) mass is 271 g/mol. The smallest absolute Gasteiger partial charge is 0.307 e. The molecule has 0 aromatic carbocycles. The van der Waals surface area contributed by atoms with Crippen molar-refractivity contribution >= 4 is 5.97 Å². The maximum absolute atomic E-state index is 11.2. The van der Waals surface area contributed by atoms with Crippen molar-refractivity contribution in [1.82, 2.24) is 5.32 Å². The van der Waals surface area contributed by atoms with E-state index in [-0.39, 0.29) is 5.92 Å². The van der Waals surface area contributed by atoms with Crippen LogP contribution in [-0.2, 0) is 4.79 Å². The average Bonchev–Trinajstić information content (AvgIpc) is 2.21. The highest BCUT2D eigenvalue weighted by Gasteiger charge is 2.20. The van der Waals surface area contributed by atoms with Crippen LogP contribution in [-0.4, -0.2) is 23.7 Å². The SMILES string of the molecule is CC(C)CC(C)CC(C)NCC(CC(C)C)C(=O)O. The Morgan fingerprint density at radius 2 is 1.47 bits per heavy atom. The van der Waals surface area contributed by atoms with Crippen LogP contribution in [0.15, 0.2) is 0 Å². The molecule has 0 saturated heterocycles. The maximum Gasteiger partial charge on any atom is 0.307 e. The number of hydrogen-bond acceptors (Lipinski definition) is 2. The number of carboxylic acid groups (broad SMARTS) is 1. The topological polar surface area (TPSA) is 49.3 Å². The minimum Gasteiger partial charge on any atom is -0.481 e. The molecule has 0 amide bonds. The Hall–Kier alpha value is -0.570. The van der Waals surface area contributed by atoms with E-state index >= 15 is 0 Å². The molecule has 0 radical (unpaired) electrons. The van der Waals surface area contributed by atoms with E-state index in [0.29, 0.717) is 24.4 Å². The van der Waals surface area contributed by atoms with Crippen LogP contribution in [0.1, 0.15) is 60.8 Å². The molecule has 2 N–H and O–H groups in total. The lowest BCUT2D eigenvalue weighted by Crippen LogP contribution is -2.36. The molecule has 0 heterocycles. The van der Waals surface area contributed by atoms with E-state index in [0.717, 1.165) is 18.8 Å². The van der Waals surface area contributed by atoms with Gasteiger partial charge in [-0.15, -0.1) is 0 Å². The Morgan fingerprint density at radius 1 is 0.947 bits per heavy atom. The van der Waals surface area contributed by atoms with Crippen LogP contribution in [0.3, 0.4) is 0 Å². The molecule has 114 valence electrons. The lowest BCUT2D eigenvalue weighted by molar-refractivity contribution is -0.142. The lowest BCUT2D eigenvalue weighted by Gasteiger charge is -2.22. The minimum atomic E-state index is -0.677. The summed E-state index contributed by atoms with van der Waals surface area (Å²) < 4.78 is 0. The molecular formula is C16H33NO2. The fourth-order valence-electron chi connectivity index (χ4n) is 2.77. The van der Waals surface area contributed by atoms with E-state index in [1.165, 1.54) is 6.42 Å². The van der Waals surface area contributed by atoms with Gasteiger partial charge < -0.3 is 10.4 Å². The van der Waals surface area contributed by atoms with Gasteiger partial charge in [0.05, 0.1) is 5.92 Å². The Kier molecular flexibility index (Phi) is 9.07. The van der Waals surface area contributed by atoms with Crippen molar-refractivity contribution in [2.24, 2.45) is 23.7 Å². The van der Waals surface area contributed by atoms with E-state index in [1.54, 1.807) is 0 Å². The summed E-state index contributed by atoms with van der Waals surface area (Å²) in [6.07, 6.45) is 3.10. The lowest BCUT2D eigenvalue weighted by atomic mass is 9.92. The fraction of sp³-hybridized carbons (Fsp3) is 0.938. The molecule has 0 aliphatic rings. The Bertz CT molecular complexity index is 251. The van der Waals surface area contributed by atoms with Crippen molar-refractivity contribution in [1.29, 1.82) is 0 Å². The molecule has 3 unspecified atom stereocenters. The van der Waals surface area contributed by atoms with E-state index in [9.17, 15) is 9.90 Å². The molecule has 0 spiro atoms. The van der Waals surface area contributed by atoms with Gasteiger partial charge in [0, 0.05) is 12.6 Å². The molecule has 0 aromatic heterocycles. The summed E-state index contributed by atoms with van der Waals surface area (Å²) in [6, 6.07) is 0.391. The highest BCUT2D eigenvalue weighted by molar-refractivity contribution is 5.70. The van der Waals surface area contributed by atoms with Gasteiger partial charge in [0.15, 0.2) is 0 Å². The second kappa shape index (κ2) is 9.35. The molecule has 0 aliphatic heterocycles. The normalized spacial score (nSPS) is 16.6. The van der Waals surface area contributed by atoms with Crippen molar-refractivity contribution in [2.45, 2.75) is 66.8 Å². The van der Waals surface area contributed by atoms with E-state index in [1.807, 2.05) is 0 Å². The highest BCUT2D eigenvalue weighted by Crippen LogP contribution is 2.17. The Labute approximate surface area is 119 Å². The summed E-state index contributed by atoms with van der Waals surface area (Å²) in [6.45, 7) is 13.7. The number of nitrogens with one attached hydrogen (secondary N) is 1. The van der Waals surface area contributed by atoms with Crippen LogP contribution in [0.2, 0.25) is 0 Å². The number of hydrogen-bond donors (Lipinski definition) is 2. The molecule has 0 rings (SSSR count). The van der Waals surface area contributed by atoms with Crippen molar-refractivity contribution in [2.75, 3.05) is 6.54 Å². The largest absolute Gasteiger partial charge is 0.481 e. The molecule has 0 saturated carbocycles. The van der Waals surface area contributed by atoms with E-state index in [4.69, 9.17) is 0 Å². The van der Waals surface area contributed by atoms with Crippen LogP contribution >= 0.6 is 0 Å². The predicted molar refractivity (Wildman–Crippen MR) is 81.3 cm³/mol. The third-order valence-corrected chi connectivity index (χ3v) is 3.45. The van der Waals surface area contributed by atoms with Crippen molar-refractivity contribution in [3.63, 3.8) is 0 Å². The first-order chi connectivity index (χ1) is 8.72. The zero-order chi connectivity index (χ0) is 15.0. The Balaban J connectivity index is 4.04. The van der Waals surface area contributed by atoms with Gasteiger partial charge in [0.25, 0.3) is 0 Å². The second-order valence-electron chi connectivity index (χ2n) is 6.94. The first kappa shape index (κ1) is 18.4. The third kappa shape index (κ3) is 9.94. The summed E-state index contributed by atoms with van der Waals surface area (Å²) in [7, 11) is 0. The predicted octanol–water partition coefficient (Wildman–Crippen LogP) is 3.78. The molecule has 3 heteroatoms. The highest BCUT2D eigenvalue weighted by atomic mass is 16.4. The number of carbonyl (C=O) groups is 1.